The first kappa shape index (κ1) is 14.5. The Balaban J connectivity index is 0. The second-order valence-corrected chi connectivity index (χ2v) is 3.96. The quantitative estimate of drug-likeness (QED) is 0.585. The Labute approximate surface area is 82.6 Å². The summed E-state index contributed by atoms with van der Waals surface area (Å²) in [6, 6.07) is 0. The van der Waals surface area contributed by atoms with Crippen LogP contribution in [0.1, 0.15) is 0 Å². The van der Waals surface area contributed by atoms with Crippen LogP contribution in [0.3, 0.4) is 0 Å². The maximum absolute atomic E-state index is 8.88. The maximum atomic E-state index is 8.88. The molecule has 0 aliphatic rings. The molecule has 0 rings (SSSR count). The van der Waals surface area contributed by atoms with E-state index in [0.29, 0.717) is 0 Å². The standard InChI is InChI=1S/C2Cl4.H3O4P/c3-1(4)2(5)6;1-5(2,3)4/h;(H3,1,2,3,4). The van der Waals surface area contributed by atoms with Crippen molar-refractivity contribution in [2.45, 2.75) is 0 Å². The first-order valence-corrected chi connectivity index (χ1v) is 4.87. The van der Waals surface area contributed by atoms with Crippen molar-refractivity contribution in [3.63, 3.8) is 0 Å². The molecule has 9 heteroatoms. The smallest absolute Gasteiger partial charge is 0.303 e. The van der Waals surface area contributed by atoms with Crippen molar-refractivity contribution in [2.75, 3.05) is 0 Å². The van der Waals surface area contributed by atoms with Crippen molar-refractivity contribution in [1.82, 2.24) is 0 Å². The van der Waals surface area contributed by atoms with Crippen molar-refractivity contribution in [2.24, 2.45) is 0 Å². The molecule has 0 saturated carbocycles. The lowest BCUT2D eigenvalue weighted by Crippen LogP contribution is -1.66. The second-order valence-electron chi connectivity index (χ2n) is 1.03. The summed E-state index contributed by atoms with van der Waals surface area (Å²) in [6.45, 7) is 0. The molecule has 0 bridgehead atoms. The van der Waals surface area contributed by atoms with Crippen LogP contribution in [-0.2, 0) is 4.57 Å². The topological polar surface area (TPSA) is 77.8 Å². The first-order valence-electron chi connectivity index (χ1n) is 1.79. The molecule has 0 aromatic rings. The van der Waals surface area contributed by atoms with Crippen LogP contribution in [-0.4, -0.2) is 14.7 Å². The summed E-state index contributed by atoms with van der Waals surface area (Å²) < 4.78 is 8.68. The van der Waals surface area contributed by atoms with Gasteiger partial charge in [0, 0.05) is 0 Å². The number of phosphoric acid groups is 1. The molecule has 4 nitrogen and oxygen atoms in total. The Morgan fingerprint density at radius 3 is 1.00 bits per heavy atom. The number of halogens is 4. The minimum Gasteiger partial charge on any atom is -0.303 e. The average molecular weight is 264 g/mol. The zero-order valence-corrected chi connectivity index (χ0v) is 8.63. The van der Waals surface area contributed by atoms with Crippen molar-refractivity contribution in [3.8, 4) is 0 Å². The van der Waals surface area contributed by atoms with Crippen molar-refractivity contribution >= 4 is 54.2 Å². The molecule has 11 heavy (non-hydrogen) atoms. The molecule has 0 aliphatic heterocycles. The van der Waals surface area contributed by atoms with Crippen LogP contribution in [0.15, 0.2) is 8.98 Å². The summed E-state index contributed by atoms with van der Waals surface area (Å²) in [6.07, 6.45) is 0. The van der Waals surface area contributed by atoms with Crippen LogP contribution in [0.4, 0.5) is 0 Å². The highest BCUT2D eigenvalue weighted by Crippen LogP contribution is 2.25. The van der Waals surface area contributed by atoms with E-state index < -0.39 is 7.82 Å². The fraction of sp³-hybridized carbons (Fsp3) is 0. The Morgan fingerprint density at radius 2 is 1.00 bits per heavy atom. The molecular weight excluding hydrogens is 261 g/mol. The van der Waals surface area contributed by atoms with Crippen LogP contribution in [0.5, 0.6) is 0 Å². The van der Waals surface area contributed by atoms with Gasteiger partial charge in [-0.2, -0.15) is 0 Å². The summed E-state index contributed by atoms with van der Waals surface area (Å²) in [5.41, 5.74) is 0. The van der Waals surface area contributed by atoms with Crippen molar-refractivity contribution in [1.29, 1.82) is 0 Å². The monoisotopic (exact) mass is 262 g/mol. The zero-order valence-electron chi connectivity index (χ0n) is 4.71. The zero-order chi connectivity index (χ0) is 9.65. The fourth-order valence-electron chi connectivity index (χ4n) is 0. The van der Waals surface area contributed by atoms with Gasteiger partial charge >= 0.3 is 7.82 Å². The van der Waals surface area contributed by atoms with Gasteiger partial charge in [-0.3, -0.25) is 0 Å². The summed E-state index contributed by atoms with van der Waals surface area (Å²) in [5.74, 6) is 0. The second kappa shape index (κ2) is 6.52. The Morgan fingerprint density at radius 1 is 0.909 bits per heavy atom. The largest absolute Gasteiger partial charge is 0.466 e. The van der Waals surface area contributed by atoms with Gasteiger partial charge in [0.05, 0.1) is 0 Å². The van der Waals surface area contributed by atoms with E-state index in [4.69, 9.17) is 65.6 Å². The molecule has 3 N–H and O–H groups in total. The molecule has 0 aromatic carbocycles. The summed E-state index contributed by atoms with van der Waals surface area (Å²) in [5, 5.41) is 0. The third-order valence-electron chi connectivity index (χ3n) is 0.143. The molecule has 0 unspecified atom stereocenters. The summed E-state index contributed by atoms with van der Waals surface area (Å²) >= 11 is 20.0. The molecule has 0 aliphatic carbocycles. The predicted molar refractivity (Wildman–Crippen MR) is 44.7 cm³/mol. The van der Waals surface area contributed by atoms with Gasteiger partial charge in [0.1, 0.15) is 8.98 Å². The molecule has 0 heterocycles. The predicted octanol–water partition coefficient (Wildman–Crippen LogP) is 2.14. The molecule has 0 fully saturated rings. The van der Waals surface area contributed by atoms with E-state index >= 15 is 0 Å². The molecule has 0 spiro atoms. The van der Waals surface area contributed by atoms with E-state index in [1.807, 2.05) is 0 Å². The van der Waals surface area contributed by atoms with Gasteiger partial charge in [0.15, 0.2) is 0 Å². The lowest BCUT2D eigenvalue weighted by Gasteiger charge is -1.82. The number of hydrogen-bond acceptors (Lipinski definition) is 1. The third-order valence-corrected chi connectivity index (χ3v) is 1.29. The van der Waals surface area contributed by atoms with Crippen molar-refractivity contribution in [3.05, 3.63) is 8.98 Å². The van der Waals surface area contributed by atoms with Crippen LogP contribution in [0.25, 0.3) is 0 Å². The molecular formula is C2H3Cl4O4P. The fourth-order valence-corrected chi connectivity index (χ4v) is 0. The molecule has 68 valence electrons. The van der Waals surface area contributed by atoms with Crippen LogP contribution in [0, 0.1) is 0 Å². The van der Waals surface area contributed by atoms with Crippen LogP contribution >= 0.6 is 54.2 Å². The lowest BCUT2D eigenvalue weighted by molar-refractivity contribution is 0.275. The van der Waals surface area contributed by atoms with Gasteiger partial charge < -0.3 is 14.7 Å². The highest BCUT2D eigenvalue weighted by molar-refractivity contribution is 7.45. The van der Waals surface area contributed by atoms with E-state index in [0.717, 1.165) is 0 Å². The summed E-state index contributed by atoms with van der Waals surface area (Å²) in [7, 11) is -4.64. The molecule has 0 aromatic heterocycles. The summed E-state index contributed by atoms with van der Waals surface area (Å²) in [4.78, 5) is 21.6. The first-order chi connectivity index (χ1) is 4.64. The van der Waals surface area contributed by atoms with Gasteiger partial charge in [-0.1, -0.05) is 46.4 Å². The maximum Gasteiger partial charge on any atom is 0.466 e. The minimum atomic E-state index is -4.64. The third kappa shape index (κ3) is 35.6. The molecule has 0 saturated heterocycles. The van der Waals surface area contributed by atoms with Gasteiger partial charge in [0.25, 0.3) is 0 Å². The Hall–Kier alpha value is 1.01. The molecule has 0 amide bonds. The number of hydrogen-bond donors (Lipinski definition) is 3. The van der Waals surface area contributed by atoms with Gasteiger partial charge in [-0.05, 0) is 0 Å². The van der Waals surface area contributed by atoms with Gasteiger partial charge in [-0.25, -0.2) is 4.57 Å². The lowest BCUT2D eigenvalue weighted by atomic mass is 11.2. The van der Waals surface area contributed by atoms with E-state index in [-0.39, 0.29) is 8.98 Å². The Bertz CT molecular complexity index is 158. The SMILES string of the molecule is ClC(Cl)=C(Cl)Cl.O=P(O)(O)O. The molecule has 0 radical (unpaired) electrons. The minimum absolute atomic E-state index is 0.0988. The Kier molecular flexibility index (Phi) is 8.61. The van der Waals surface area contributed by atoms with E-state index in [2.05, 4.69) is 0 Å². The van der Waals surface area contributed by atoms with E-state index in [1.165, 1.54) is 0 Å². The number of rotatable bonds is 0. The van der Waals surface area contributed by atoms with Crippen LogP contribution in [0.2, 0.25) is 0 Å². The van der Waals surface area contributed by atoms with Gasteiger partial charge in [-0.15, -0.1) is 0 Å². The normalized spacial score (nSPS) is 9.73. The van der Waals surface area contributed by atoms with Crippen LogP contribution < -0.4 is 0 Å². The average Bonchev–Trinajstić information content (AvgIpc) is 1.59. The van der Waals surface area contributed by atoms with Gasteiger partial charge in [0.2, 0.25) is 0 Å². The highest BCUT2D eigenvalue weighted by atomic mass is 35.5. The highest BCUT2D eigenvalue weighted by Gasteiger charge is 2.00. The van der Waals surface area contributed by atoms with E-state index in [1.54, 1.807) is 0 Å². The van der Waals surface area contributed by atoms with E-state index in [9.17, 15) is 0 Å². The van der Waals surface area contributed by atoms with Crippen molar-refractivity contribution < 1.29 is 19.2 Å². The molecule has 0 atom stereocenters.